The van der Waals surface area contributed by atoms with Gasteiger partial charge in [0.25, 0.3) is 5.56 Å². The first-order valence-electron chi connectivity index (χ1n) is 7.04. The van der Waals surface area contributed by atoms with Crippen LogP contribution < -0.4 is 10.9 Å². The number of anilines is 1. The minimum absolute atomic E-state index is 0.0739. The number of aryl methyl sites for hydroxylation is 3. The van der Waals surface area contributed by atoms with Gasteiger partial charge in [-0.1, -0.05) is 22.9 Å². The molecule has 0 saturated heterocycles. The first-order valence-corrected chi connectivity index (χ1v) is 7.84. The van der Waals surface area contributed by atoms with E-state index in [-0.39, 0.29) is 11.6 Å². The molecule has 1 aromatic heterocycles. The molecule has 1 unspecified atom stereocenters. The van der Waals surface area contributed by atoms with E-state index in [1.807, 2.05) is 26.0 Å². The molecule has 2 aromatic rings. The van der Waals surface area contributed by atoms with Crippen LogP contribution in [0.15, 0.2) is 27.5 Å². The predicted molar refractivity (Wildman–Crippen MR) is 89.9 cm³/mol. The lowest BCUT2D eigenvalue weighted by atomic mass is 10.1. The van der Waals surface area contributed by atoms with Gasteiger partial charge in [-0.25, -0.2) is 4.98 Å². The van der Waals surface area contributed by atoms with Gasteiger partial charge in [0.15, 0.2) is 0 Å². The lowest BCUT2D eigenvalue weighted by Crippen LogP contribution is -2.23. The molecule has 2 N–H and O–H groups in total. The van der Waals surface area contributed by atoms with E-state index in [0.29, 0.717) is 11.4 Å². The third-order valence-corrected chi connectivity index (χ3v) is 4.01. The van der Waals surface area contributed by atoms with E-state index in [1.54, 1.807) is 6.92 Å². The molecule has 0 saturated carbocycles. The van der Waals surface area contributed by atoms with Crippen molar-refractivity contribution in [3.8, 4) is 0 Å². The summed E-state index contributed by atoms with van der Waals surface area (Å²) < 4.78 is 1.06. The van der Waals surface area contributed by atoms with E-state index in [9.17, 15) is 4.79 Å². The Morgan fingerprint density at radius 1 is 1.38 bits per heavy atom. The maximum absolute atomic E-state index is 12.2. The van der Waals surface area contributed by atoms with Gasteiger partial charge in [-0.15, -0.1) is 0 Å². The first kappa shape index (κ1) is 15.8. The van der Waals surface area contributed by atoms with E-state index in [1.165, 1.54) is 5.56 Å². The number of aromatic amines is 1. The number of benzene rings is 1. The van der Waals surface area contributed by atoms with Gasteiger partial charge in [0.05, 0.1) is 17.3 Å². The van der Waals surface area contributed by atoms with Gasteiger partial charge in [-0.2, -0.15) is 0 Å². The standard InChI is InChI=1S/C16H20BrN3O/c1-5-12-8-13(17)6-7-14(12)19-10(3)15-9(2)18-11(4)20-16(15)21/h6-8,10,19H,5H2,1-4H3,(H,18,20,21). The molecule has 1 atom stereocenters. The molecule has 5 heteroatoms. The number of nitrogens with one attached hydrogen (secondary N) is 2. The van der Waals surface area contributed by atoms with E-state index in [4.69, 9.17) is 0 Å². The predicted octanol–water partition coefficient (Wildman–Crippen LogP) is 3.88. The Kier molecular flexibility index (Phi) is 4.83. The average Bonchev–Trinajstić information content (AvgIpc) is 2.39. The Labute approximate surface area is 133 Å². The summed E-state index contributed by atoms with van der Waals surface area (Å²) in [5.41, 5.74) is 3.64. The van der Waals surface area contributed by atoms with Gasteiger partial charge in [-0.05, 0) is 51.0 Å². The quantitative estimate of drug-likeness (QED) is 0.880. The largest absolute Gasteiger partial charge is 0.378 e. The van der Waals surface area contributed by atoms with Gasteiger partial charge in [0, 0.05) is 10.2 Å². The van der Waals surface area contributed by atoms with Crippen LogP contribution in [0.1, 0.15) is 42.5 Å². The van der Waals surface area contributed by atoms with E-state index >= 15 is 0 Å². The monoisotopic (exact) mass is 349 g/mol. The molecule has 0 bridgehead atoms. The summed E-state index contributed by atoms with van der Waals surface area (Å²) in [6, 6.07) is 6.02. The number of aromatic nitrogens is 2. The van der Waals surface area contributed by atoms with E-state index in [0.717, 1.165) is 22.3 Å². The summed E-state index contributed by atoms with van der Waals surface area (Å²) in [6.07, 6.45) is 0.927. The zero-order valence-electron chi connectivity index (χ0n) is 12.7. The molecule has 0 aliphatic carbocycles. The zero-order valence-corrected chi connectivity index (χ0v) is 14.3. The Bertz CT molecular complexity index is 709. The number of nitrogens with zero attached hydrogens (tertiary/aromatic N) is 1. The van der Waals surface area contributed by atoms with Gasteiger partial charge in [-0.3, -0.25) is 4.79 Å². The fourth-order valence-electron chi connectivity index (χ4n) is 2.55. The molecule has 0 aliphatic rings. The smallest absolute Gasteiger partial charge is 0.256 e. The van der Waals surface area contributed by atoms with Crippen LogP contribution in [0.2, 0.25) is 0 Å². The van der Waals surface area contributed by atoms with Gasteiger partial charge in [0.2, 0.25) is 0 Å². The van der Waals surface area contributed by atoms with Crippen LogP contribution in [-0.4, -0.2) is 9.97 Å². The maximum atomic E-state index is 12.2. The molecule has 0 amide bonds. The first-order chi connectivity index (χ1) is 9.92. The van der Waals surface area contributed by atoms with Crippen LogP contribution in [0.4, 0.5) is 5.69 Å². The molecule has 1 aromatic carbocycles. The lowest BCUT2D eigenvalue weighted by Gasteiger charge is -2.19. The Morgan fingerprint density at radius 2 is 2.10 bits per heavy atom. The lowest BCUT2D eigenvalue weighted by molar-refractivity contribution is 0.811. The molecule has 21 heavy (non-hydrogen) atoms. The van der Waals surface area contributed by atoms with Crippen LogP contribution in [-0.2, 0) is 6.42 Å². The summed E-state index contributed by atoms with van der Waals surface area (Å²) >= 11 is 3.49. The molecule has 0 spiro atoms. The minimum Gasteiger partial charge on any atom is -0.378 e. The fraction of sp³-hybridized carbons (Fsp3) is 0.375. The average molecular weight is 350 g/mol. The van der Waals surface area contributed by atoms with Crippen molar-refractivity contribution in [3.05, 3.63) is 55.7 Å². The molecule has 1 heterocycles. The normalized spacial score (nSPS) is 12.2. The Hall–Kier alpha value is -1.62. The van der Waals surface area contributed by atoms with Gasteiger partial charge in [0.1, 0.15) is 5.82 Å². The Morgan fingerprint density at radius 3 is 2.71 bits per heavy atom. The SMILES string of the molecule is CCc1cc(Br)ccc1NC(C)c1c(C)nc(C)[nH]c1=O. The summed E-state index contributed by atoms with van der Waals surface area (Å²) in [6.45, 7) is 7.76. The van der Waals surface area contributed by atoms with Crippen molar-refractivity contribution >= 4 is 21.6 Å². The number of hydrogen-bond acceptors (Lipinski definition) is 3. The number of rotatable bonds is 4. The highest BCUT2D eigenvalue weighted by molar-refractivity contribution is 9.10. The van der Waals surface area contributed by atoms with Crippen molar-refractivity contribution in [2.45, 2.75) is 40.2 Å². The van der Waals surface area contributed by atoms with Crippen molar-refractivity contribution in [2.75, 3.05) is 5.32 Å². The summed E-state index contributed by atoms with van der Waals surface area (Å²) in [5.74, 6) is 0.645. The van der Waals surface area contributed by atoms with E-state index in [2.05, 4.69) is 44.2 Å². The third-order valence-electron chi connectivity index (χ3n) is 3.52. The van der Waals surface area contributed by atoms with Crippen LogP contribution in [0.25, 0.3) is 0 Å². The second kappa shape index (κ2) is 6.43. The van der Waals surface area contributed by atoms with Crippen LogP contribution in [0.5, 0.6) is 0 Å². The molecule has 0 aliphatic heterocycles. The highest BCUT2D eigenvalue weighted by atomic mass is 79.9. The second-order valence-corrected chi connectivity index (χ2v) is 6.09. The molecule has 0 fully saturated rings. The molecule has 0 radical (unpaired) electrons. The minimum atomic E-state index is -0.103. The zero-order chi connectivity index (χ0) is 15.6. The Balaban J connectivity index is 2.35. The number of hydrogen-bond donors (Lipinski definition) is 2. The third kappa shape index (κ3) is 3.53. The van der Waals surface area contributed by atoms with Gasteiger partial charge < -0.3 is 10.3 Å². The van der Waals surface area contributed by atoms with Crippen molar-refractivity contribution in [2.24, 2.45) is 0 Å². The number of halogens is 1. The maximum Gasteiger partial charge on any atom is 0.256 e. The molecule has 112 valence electrons. The molecule has 2 rings (SSSR count). The summed E-state index contributed by atoms with van der Waals surface area (Å²) in [4.78, 5) is 19.3. The van der Waals surface area contributed by atoms with E-state index < -0.39 is 0 Å². The topological polar surface area (TPSA) is 57.8 Å². The highest BCUT2D eigenvalue weighted by Crippen LogP contribution is 2.25. The summed E-state index contributed by atoms with van der Waals surface area (Å²) in [7, 11) is 0. The fourth-order valence-corrected chi connectivity index (χ4v) is 2.96. The van der Waals surface area contributed by atoms with Crippen LogP contribution >= 0.6 is 15.9 Å². The van der Waals surface area contributed by atoms with Gasteiger partial charge >= 0.3 is 0 Å². The van der Waals surface area contributed by atoms with Crippen molar-refractivity contribution in [3.63, 3.8) is 0 Å². The van der Waals surface area contributed by atoms with Crippen LogP contribution in [0.3, 0.4) is 0 Å². The summed E-state index contributed by atoms with van der Waals surface area (Å²) in [5, 5.41) is 3.43. The molecular formula is C16H20BrN3O. The molecular weight excluding hydrogens is 330 g/mol. The van der Waals surface area contributed by atoms with Crippen molar-refractivity contribution in [1.29, 1.82) is 0 Å². The van der Waals surface area contributed by atoms with Crippen molar-refractivity contribution in [1.82, 2.24) is 9.97 Å². The van der Waals surface area contributed by atoms with Crippen LogP contribution in [0, 0.1) is 13.8 Å². The highest BCUT2D eigenvalue weighted by Gasteiger charge is 2.15. The number of H-pyrrole nitrogens is 1. The van der Waals surface area contributed by atoms with Crippen molar-refractivity contribution < 1.29 is 0 Å². The second-order valence-electron chi connectivity index (χ2n) is 5.17. The molecule has 4 nitrogen and oxygen atoms in total.